The number of carboxylic acids is 1. The molecule has 0 radical (unpaired) electrons. The molecule has 0 aromatic carbocycles. The topological polar surface area (TPSA) is 40.5 Å². The minimum Gasteiger partial charge on any atom is -0.481 e. The average Bonchev–Trinajstić information content (AvgIpc) is 2.29. The monoisotopic (exact) mass is 237 g/mol. The van der Waals surface area contributed by atoms with Gasteiger partial charge in [-0.05, 0) is 46.1 Å². The van der Waals surface area contributed by atoms with Gasteiger partial charge in [-0.1, -0.05) is 0 Å². The Morgan fingerprint density at radius 2 is 2.24 bits per heavy atom. The van der Waals surface area contributed by atoms with E-state index >= 15 is 0 Å². The molecule has 1 N–H and O–H groups in total. The molecule has 3 nitrogen and oxygen atoms in total. The zero-order chi connectivity index (χ0) is 12.9. The van der Waals surface area contributed by atoms with E-state index < -0.39 is 11.4 Å². The zero-order valence-corrected chi connectivity index (χ0v) is 11.1. The van der Waals surface area contributed by atoms with Gasteiger partial charge in [0.1, 0.15) is 0 Å². The summed E-state index contributed by atoms with van der Waals surface area (Å²) in [5.41, 5.74) is -0.616. The van der Waals surface area contributed by atoms with Crippen LogP contribution in [0, 0.1) is 23.2 Å². The van der Waals surface area contributed by atoms with Gasteiger partial charge in [0, 0.05) is 19.5 Å². The van der Waals surface area contributed by atoms with Crippen LogP contribution in [0.15, 0.2) is 0 Å². The fourth-order valence-electron chi connectivity index (χ4n) is 2.36. The average molecular weight is 237 g/mol. The summed E-state index contributed by atoms with van der Waals surface area (Å²) in [5, 5.41) is 9.25. The van der Waals surface area contributed by atoms with Crippen molar-refractivity contribution in [2.45, 2.75) is 40.0 Å². The molecule has 1 aliphatic heterocycles. The van der Waals surface area contributed by atoms with Crippen molar-refractivity contribution in [3.8, 4) is 11.8 Å². The number of likely N-dealkylation sites (tertiary alicyclic amines) is 1. The molecule has 0 bridgehead atoms. The van der Waals surface area contributed by atoms with E-state index in [0.717, 1.165) is 38.9 Å². The summed E-state index contributed by atoms with van der Waals surface area (Å²) in [6.07, 6.45) is 3.01. The SMILES string of the molecule is CC#CCCN1CCCC(C(C)(C)C(=O)O)C1. The molecule has 0 spiro atoms. The normalized spacial score (nSPS) is 21.7. The fraction of sp³-hybridized carbons (Fsp3) is 0.786. The van der Waals surface area contributed by atoms with Crippen molar-refractivity contribution in [3.05, 3.63) is 0 Å². The minimum atomic E-state index is -0.683. The van der Waals surface area contributed by atoms with E-state index in [1.807, 2.05) is 20.8 Å². The molecule has 17 heavy (non-hydrogen) atoms. The molecule has 1 fully saturated rings. The van der Waals surface area contributed by atoms with Crippen molar-refractivity contribution in [2.75, 3.05) is 19.6 Å². The molecule has 0 aromatic heterocycles. The highest BCUT2D eigenvalue weighted by molar-refractivity contribution is 5.74. The van der Waals surface area contributed by atoms with E-state index in [4.69, 9.17) is 0 Å². The first-order chi connectivity index (χ1) is 7.98. The summed E-state index contributed by atoms with van der Waals surface area (Å²) in [6, 6.07) is 0. The van der Waals surface area contributed by atoms with Crippen LogP contribution in [0.5, 0.6) is 0 Å². The molecule has 1 aliphatic rings. The largest absolute Gasteiger partial charge is 0.481 e. The number of rotatable bonds is 4. The van der Waals surface area contributed by atoms with Crippen LogP contribution < -0.4 is 0 Å². The molecular formula is C14H23NO2. The lowest BCUT2D eigenvalue weighted by molar-refractivity contribution is -0.151. The lowest BCUT2D eigenvalue weighted by Gasteiger charge is -2.39. The van der Waals surface area contributed by atoms with Crippen LogP contribution in [0.2, 0.25) is 0 Å². The van der Waals surface area contributed by atoms with Gasteiger partial charge in [-0.3, -0.25) is 4.79 Å². The highest BCUT2D eigenvalue weighted by atomic mass is 16.4. The molecule has 1 unspecified atom stereocenters. The minimum absolute atomic E-state index is 0.253. The first-order valence-corrected chi connectivity index (χ1v) is 6.34. The third-order valence-electron chi connectivity index (χ3n) is 3.81. The van der Waals surface area contributed by atoms with E-state index in [2.05, 4.69) is 16.7 Å². The maximum Gasteiger partial charge on any atom is 0.309 e. The third-order valence-corrected chi connectivity index (χ3v) is 3.81. The van der Waals surface area contributed by atoms with E-state index in [-0.39, 0.29) is 5.92 Å². The number of carbonyl (C=O) groups is 1. The van der Waals surface area contributed by atoms with Crippen LogP contribution in [0.4, 0.5) is 0 Å². The number of piperidine rings is 1. The predicted molar refractivity (Wildman–Crippen MR) is 68.6 cm³/mol. The van der Waals surface area contributed by atoms with Gasteiger partial charge in [0.15, 0.2) is 0 Å². The molecule has 3 heteroatoms. The summed E-state index contributed by atoms with van der Waals surface area (Å²) in [6.45, 7) is 8.48. The van der Waals surface area contributed by atoms with Crippen LogP contribution in [-0.2, 0) is 4.79 Å². The molecule has 1 rings (SSSR count). The standard InChI is InChI=1S/C14H23NO2/c1-4-5-6-9-15-10-7-8-12(11-15)14(2,3)13(16)17/h12H,6-11H2,1-3H3,(H,16,17). The van der Waals surface area contributed by atoms with Gasteiger partial charge in [-0.15, -0.1) is 11.8 Å². The Morgan fingerprint density at radius 1 is 1.53 bits per heavy atom. The summed E-state index contributed by atoms with van der Waals surface area (Å²) in [7, 11) is 0. The number of carboxylic acid groups (broad SMARTS) is 1. The van der Waals surface area contributed by atoms with Crippen LogP contribution in [0.3, 0.4) is 0 Å². The van der Waals surface area contributed by atoms with Gasteiger partial charge in [0.2, 0.25) is 0 Å². The molecule has 0 saturated carbocycles. The van der Waals surface area contributed by atoms with Crippen molar-refractivity contribution >= 4 is 5.97 Å². The van der Waals surface area contributed by atoms with E-state index in [0.29, 0.717) is 0 Å². The number of hydrogen-bond acceptors (Lipinski definition) is 2. The van der Waals surface area contributed by atoms with Crippen LogP contribution in [0.1, 0.15) is 40.0 Å². The molecule has 1 saturated heterocycles. The second kappa shape index (κ2) is 6.07. The van der Waals surface area contributed by atoms with Crippen molar-refractivity contribution in [2.24, 2.45) is 11.3 Å². The van der Waals surface area contributed by atoms with Gasteiger partial charge in [-0.2, -0.15) is 0 Å². The first kappa shape index (κ1) is 14.1. The van der Waals surface area contributed by atoms with Gasteiger partial charge >= 0.3 is 5.97 Å². The fourth-order valence-corrected chi connectivity index (χ4v) is 2.36. The second-order valence-electron chi connectivity index (χ2n) is 5.34. The lowest BCUT2D eigenvalue weighted by atomic mass is 9.74. The summed E-state index contributed by atoms with van der Waals surface area (Å²) in [4.78, 5) is 13.6. The maximum atomic E-state index is 11.2. The molecule has 0 amide bonds. The Labute approximate surface area is 104 Å². The second-order valence-corrected chi connectivity index (χ2v) is 5.34. The summed E-state index contributed by atoms with van der Waals surface area (Å²) < 4.78 is 0. The van der Waals surface area contributed by atoms with Crippen molar-refractivity contribution in [1.29, 1.82) is 0 Å². The van der Waals surface area contributed by atoms with Crippen LogP contribution >= 0.6 is 0 Å². The Kier molecular flexibility index (Phi) is 5.02. The molecule has 0 aromatic rings. The van der Waals surface area contributed by atoms with Gasteiger partial charge < -0.3 is 10.0 Å². The molecule has 1 atom stereocenters. The van der Waals surface area contributed by atoms with E-state index in [1.54, 1.807) is 0 Å². The van der Waals surface area contributed by atoms with E-state index in [1.165, 1.54) is 0 Å². The number of hydrogen-bond donors (Lipinski definition) is 1. The van der Waals surface area contributed by atoms with Crippen molar-refractivity contribution < 1.29 is 9.90 Å². The van der Waals surface area contributed by atoms with Gasteiger partial charge in [0.25, 0.3) is 0 Å². The highest BCUT2D eigenvalue weighted by Crippen LogP contribution is 2.34. The molecule has 96 valence electrons. The number of nitrogens with zero attached hydrogens (tertiary/aromatic N) is 1. The maximum absolute atomic E-state index is 11.2. The Morgan fingerprint density at radius 3 is 2.82 bits per heavy atom. The predicted octanol–water partition coefficient (Wildman–Crippen LogP) is 2.22. The molecule has 0 aliphatic carbocycles. The van der Waals surface area contributed by atoms with Crippen molar-refractivity contribution in [3.63, 3.8) is 0 Å². The van der Waals surface area contributed by atoms with Crippen molar-refractivity contribution in [1.82, 2.24) is 4.90 Å². The lowest BCUT2D eigenvalue weighted by Crippen LogP contribution is -2.44. The highest BCUT2D eigenvalue weighted by Gasteiger charge is 2.38. The van der Waals surface area contributed by atoms with Gasteiger partial charge in [0.05, 0.1) is 5.41 Å². The van der Waals surface area contributed by atoms with Crippen LogP contribution in [0.25, 0.3) is 0 Å². The zero-order valence-electron chi connectivity index (χ0n) is 11.1. The Bertz CT molecular complexity index is 325. The smallest absolute Gasteiger partial charge is 0.309 e. The summed E-state index contributed by atoms with van der Waals surface area (Å²) in [5.74, 6) is 5.53. The molecule has 1 heterocycles. The quantitative estimate of drug-likeness (QED) is 0.762. The third kappa shape index (κ3) is 3.74. The number of aliphatic carboxylic acids is 1. The van der Waals surface area contributed by atoms with Gasteiger partial charge in [-0.25, -0.2) is 0 Å². The van der Waals surface area contributed by atoms with Crippen LogP contribution in [-0.4, -0.2) is 35.6 Å². The van der Waals surface area contributed by atoms with E-state index in [9.17, 15) is 9.90 Å². The Hall–Kier alpha value is -1.01. The summed E-state index contributed by atoms with van der Waals surface area (Å²) >= 11 is 0. The first-order valence-electron chi connectivity index (χ1n) is 6.34. The molecular weight excluding hydrogens is 214 g/mol. The Balaban J connectivity index is 2.53.